The van der Waals surface area contributed by atoms with Gasteiger partial charge in [-0.2, -0.15) is 0 Å². The van der Waals surface area contributed by atoms with E-state index in [1.807, 2.05) is 6.92 Å². The molecule has 4 rings (SSSR count). The SMILES string of the molecule is CC(C(=O)OC(O)(C1CCCCCCCC1)C1CCCCCCCC1)=C(C)C(O)(C1CCCCCCCC1)C1CCCCCCCC1. The summed E-state index contributed by atoms with van der Waals surface area (Å²) in [7, 11) is 0. The summed E-state index contributed by atoms with van der Waals surface area (Å²) in [4.78, 5) is 14.5. The Hall–Kier alpha value is -0.870. The molecule has 0 aromatic carbocycles. The van der Waals surface area contributed by atoms with Gasteiger partial charge in [-0.05, 0) is 82.6 Å². The molecule has 0 heterocycles. The highest BCUT2D eigenvalue weighted by molar-refractivity contribution is 5.89. The van der Waals surface area contributed by atoms with Crippen molar-refractivity contribution in [2.45, 2.75) is 231 Å². The quantitative estimate of drug-likeness (QED) is 0.163. The average Bonchev–Trinajstić information content (AvgIpc) is 3.45. The molecule has 0 bridgehead atoms. The van der Waals surface area contributed by atoms with E-state index in [1.54, 1.807) is 0 Å². The van der Waals surface area contributed by atoms with Gasteiger partial charge in [-0.1, -0.05) is 154 Å². The maximum Gasteiger partial charge on any atom is 0.336 e. The fourth-order valence-electron chi connectivity index (χ4n) is 10.4. The molecule has 0 aliphatic heterocycles. The van der Waals surface area contributed by atoms with Crippen molar-refractivity contribution in [1.82, 2.24) is 0 Å². The molecular formula is C43H76O4. The lowest BCUT2D eigenvalue weighted by Gasteiger charge is -2.45. The average molecular weight is 657 g/mol. The predicted molar refractivity (Wildman–Crippen MR) is 196 cm³/mol. The molecule has 4 heteroatoms. The normalized spacial score (nSPS) is 25.4. The molecule has 4 aliphatic carbocycles. The van der Waals surface area contributed by atoms with Crippen LogP contribution in [0.1, 0.15) is 219 Å². The molecule has 272 valence electrons. The van der Waals surface area contributed by atoms with E-state index in [2.05, 4.69) is 6.92 Å². The maximum absolute atomic E-state index is 14.5. The molecule has 0 aromatic rings. The Morgan fingerprint density at radius 3 is 0.936 bits per heavy atom. The van der Waals surface area contributed by atoms with Crippen LogP contribution in [0.4, 0.5) is 0 Å². The van der Waals surface area contributed by atoms with Gasteiger partial charge in [0.15, 0.2) is 0 Å². The summed E-state index contributed by atoms with van der Waals surface area (Å²) < 4.78 is 6.62. The van der Waals surface area contributed by atoms with Crippen LogP contribution in [0.15, 0.2) is 11.1 Å². The number of carbonyl (C=O) groups is 1. The maximum atomic E-state index is 14.5. The van der Waals surface area contributed by atoms with Gasteiger partial charge >= 0.3 is 5.97 Å². The summed E-state index contributed by atoms with van der Waals surface area (Å²) >= 11 is 0. The second-order valence-electron chi connectivity index (χ2n) is 16.8. The Bertz CT molecular complexity index is 835. The zero-order chi connectivity index (χ0) is 33.4. The van der Waals surface area contributed by atoms with E-state index >= 15 is 0 Å². The van der Waals surface area contributed by atoms with Gasteiger partial charge < -0.3 is 14.9 Å². The Morgan fingerprint density at radius 1 is 0.426 bits per heavy atom. The number of aliphatic hydroxyl groups is 2. The van der Waals surface area contributed by atoms with Crippen LogP contribution in [-0.4, -0.2) is 27.6 Å². The number of hydrogen-bond acceptors (Lipinski definition) is 4. The van der Waals surface area contributed by atoms with Gasteiger partial charge in [0.25, 0.3) is 0 Å². The largest absolute Gasteiger partial charge is 0.429 e. The molecule has 4 saturated carbocycles. The third-order valence-electron chi connectivity index (χ3n) is 13.6. The molecule has 0 amide bonds. The monoisotopic (exact) mass is 657 g/mol. The van der Waals surface area contributed by atoms with Crippen LogP contribution in [0.3, 0.4) is 0 Å². The third-order valence-corrected chi connectivity index (χ3v) is 13.6. The van der Waals surface area contributed by atoms with Gasteiger partial charge in [0, 0.05) is 17.4 Å². The Labute approximate surface area is 290 Å². The topological polar surface area (TPSA) is 66.8 Å². The second kappa shape index (κ2) is 20.7. The van der Waals surface area contributed by atoms with Crippen molar-refractivity contribution in [2.24, 2.45) is 23.7 Å². The summed E-state index contributed by atoms with van der Waals surface area (Å²) in [5, 5.41) is 26.1. The van der Waals surface area contributed by atoms with Crippen molar-refractivity contribution >= 4 is 5.97 Å². The summed E-state index contributed by atoms with van der Waals surface area (Å²) in [5.74, 6) is -1.46. The summed E-state index contributed by atoms with van der Waals surface area (Å²) in [6, 6.07) is 0. The summed E-state index contributed by atoms with van der Waals surface area (Å²) in [5.41, 5.74) is 0.422. The van der Waals surface area contributed by atoms with E-state index in [-0.39, 0.29) is 29.6 Å². The fourth-order valence-corrected chi connectivity index (χ4v) is 10.4. The van der Waals surface area contributed by atoms with E-state index in [0.717, 1.165) is 82.6 Å². The molecule has 47 heavy (non-hydrogen) atoms. The number of hydrogen-bond donors (Lipinski definition) is 2. The molecule has 0 atom stereocenters. The van der Waals surface area contributed by atoms with E-state index in [1.165, 1.54) is 128 Å². The minimum absolute atomic E-state index is 0.00833. The molecule has 0 spiro atoms. The number of esters is 1. The first-order chi connectivity index (χ1) is 22.9. The third kappa shape index (κ3) is 11.3. The van der Waals surface area contributed by atoms with Crippen LogP contribution < -0.4 is 0 Å². The molecule has 4 aliphatic rings. The van der Waals surface area contributed by atoms with Crippen LogP contribution in [0.5, 0.6) is 0 Å². The molecule has 0 unspecified atom stereocenters. The smallest absolute Gasteiger partial charge is 0.336 e. The number of rotatable bonds is 7. The molecule has 0 radical (unpaired) electrons. The minimum atomic E-state index is -1.43. The zero-order valence-electron chi connectivity index (χ0n) is 31.1. The first-order valence-electron chi connectivity index (χ1n) is 21.2. The summed E-state index contributed by atoms with van der Waals surface area (Å²) in [6.45, 7) is 3.98. The van der Waals surface area contributed by atoms with Crippen LogP contribution in [0, 0.1) is 23.7 Å². The first-order valence-corrected chi connectivity index (χ1v) is 21.2. The molecule has 4 fully saturated rings. The highest BCUT2D eigenvalue weighted by atomic mass is 16.7. The van der Waals surface area contributed by atoms with E-state index < -0.39 is 11.4 Å². The van der Waals surface area contributed by atoms with Gasteiger partial charge in [0.1, 0.15) is 0 Å². The highest BCUT2D eigenvalue weighted by Crippen LogP contribution is 2.47. The number of ether oxygens (including phenoxy) is 1. The molecular weight excluding hydrogens is 580 g/mol. The second-order valence-corrected chi connectivity index (χ2v) is 16.8. The molecule has 0 aromatic heterocycles. The van der Waals surface area contributed by atoms with Crippen molar-refractivity contribution in [3.63, 3.8) is 0 Å². The van der Waals surface area contributed by atoms with Crippen molar-refractivity contribution < 1.29 is 19.7 Å². The van der Waals surface area contributed by atoms with Crippen molar-refractivity contribution in [1.29, 1.82) is 0 Å². The van der Waals surface area contributed by atoms with E-state index in [4.69, 9.17) is 4.74 Å². The van der Waals surface area contributed by atoms with Crippen LogP contribution in [0.2, 0.25) is 0 Å². The highest BCUT2D eigenvalue weighted by Gasteiger charge is 2.49. The minimum Gasteiger partial charge on any atom is -0.429 e. The Balaban J connectivity index is 1.69. The van der Waals surface area contributed by atoms with Gasteiger partial charge in [0.2, 0.25) is 5.79 Å². The molecule has 2 N–H and O–H groups in total. The van der Waals surface area contributed by atoms with Crippen molar-refractivity contribution in [3.8, 4) is 0 Å². The lowest BCUT2D eigenvalue weighted by molar-refractivity contribution is -0.259. The van der Waals surface area contributed by atoms with Crippen LogP contribution >= 0.6 is 0 Å². The van der Waals surface area contributed by atoms with Crippen molar-refractivity contribution in [2.75, 3.05) is 0 Å². The van der Waals surface area contributed by atoms with Gasteiger partial charge in [-0.15, -0.1) is 0 Å². The van der Waals surface area contributed by atoms with E-state index in [9.17, 15) is 15.0 Å². The Kier molecular flexibility index (Phi) is 17.2. The lowest BCUT2D eigenvalue weighted by Crippen LogP contribution is -2.50. The van der Waals surface area contributed by atoms with E-state index in [0.29, 0.717) is 5.57 Å². The van der Waals surface area contributed by atoms with Gasteiger partial charge in [0.05, 0.1) is 5.60 Å². The van der Waals surface area contributed by atoms with Crippen LogP contribution in [0.25, 0.3) is 0 Å². The van der Waals surface area contributed by atoms with Crippen LogP contribution in [-0.2, 0) is 9.53 Å². The first kappa shape index (κ1) is 38.9. The van der Waals surface area contributed by atoms with Gasteiger partial charge in [-0.25, -0.2) is 4.79 Å². The lowest BCUT2D eigenvalue weighted by atomic mass is 9.65. The molecule has 4 nitrogen and oxygen atoms in total. The standard InChI is InChI=1S/C43H76O4/c1-35(36(2)42(45,37-27-19-11-3-4-12-20-28-37)38-29-21-13-5-6-14-22-30-38)41(44)47-43(46,39-31-23-15-7-8-16-24-32-39)40-33-25-17-9-10-18-26-34-40/h37-40,45-46H,3-34H2,1-2H3. The van der Waals surface area contributed by atoms with Gasteiger partial charge in [-0.3, -0.25) is 0 Å². The fraction of sp³-hybridized carbons (Fsp3) is 0.930. The van der Waals surface area contributed by atoms with Crippen molar-refractivity contribution in [3.05, 3.63) is 11.1 Å². The molecule has 0 saturated heterocycles. The number of carbonyl (C=O) groups excluding carboxylic acids is 1. The zero-order valence-corrected chi connectivity index (χ0v) is 31.1. The Morgan fingerprint density at radius 2 is 0.660 bits per heavy atom. The summed E-state index contributed by atoms with van der Waals surface area (Å²) in [6.07, 6.45) is 37.1. The predicted octanol–water partition coefficient (Wildman–Crippen LogP) is 12.3.